The fourth-order valence-electron chi connectivity index (χ4n) is 3.21. The second kappa shape index (κ2) is 14.6. The number of rotatable bonds is 9. The molecule has 1 amide bonds. The Balaban J connectivity index is 0.00000420. The lowest BCUT2D eigenvalue weighted by Gasteiger charge is -2.34. The summed E-state index contributed by atoms with van der Waals surface area (Å²) >= 11 is 0. The van der Waals surface area contributed by atoms with Crippen LogP contribution in [0.2, 0.25) is 0 Å². The zero-order valence-corrected chi connectivity index (χ0v) is 20.1. The first-order valence-corrected chi connectivity index (χ1v) is 10.2. The van der Waals surface area contributed by atoms with E-state index in [4.69, 9.17) is 4.74 Å². The fraction of sp³-hybridized carbons (Fsp3) is 0.619. The molecule has 1 aromatic carbocycles. The monoisotopic (exact) mass is 517 g/mol. The summed E-state index contributed by atoms with van der Waals surface area (Å²) in [5, 5.41) is 9.55. The van der Waals surface area contributed by atoms with Crippen LogP contribution in [0.5, 0.6) is 0 Å². The fourth-order valence-corrected chi connectivity index (χ4v) is 3.21. The Morgan fingerprint density at radius 1 is 1.21 bits per heavy atom. The summed E-state index contributed by atoms with van der Waals surface area (Å²) in [5.74, 6) is 1.39. The summed E-state index contributed by atoms with van der Waals surface area (Å²) in [6.45, 7) is 10.4. The molecule has 1 aliphatic rings. The molecule has 164 valence electrons. The highest BCUT2D eigenvalue weighted by Crippen LogP contribution is 2.07. The van der Waals surface area contributed by atoms with E-state index >= 15 is 0 Å². The van der Waals surface area contributed by atoms with E-state index in [0.717, 1.165) is 51.7 Å². The van der Waals surface area contributed by atoms with E-state index in [-0.39, 0.29) is 36.0 Å². The van der Waals surface area contributed by atoms with Gasteiger partial charge in [0.15, 0.2) is 5.96 Å². The first-order valence-electron chi connectivity index (χ1n) is 10.2. The first kappa shape index (κ1) is 25.6. The number of hydrogen-bond donors (Lipinski definition) is 3. The molecule has 2 rings (SSSR count). The largest absolute Gasteiger partial charge is 0.374 e. The van der Waals surface area contributed by atoms with Crippen molar-refractivity contribution in [3.8, 4) is 0 Å². The molecular formula is C21H36IN5O2. The van der Waals surface area contributed by atoms with Crippen LogP contribution in [0.25, 0.3) is 0 Å². The van der Waals surface area contributed by atoms with Gasteiger partial charge in [0, 0.05) is 51.9 Å². The molecule has 1 saturated heterocycles. The summed E-state index contributed by atoms with van der Waals surface area (Å²) in [7, 11) is 1.76. The van der Waals surface area contributed by atoms with Gasteiger partial charge in [-0.25, -0.2) is 0 Å². The van der Waals surface area contributed by atoms with Crippen molar-refractivity contribution in [2.75, 3.05) is 52.9 Å². The third-order valence-corrected chi connectivity index (χ3v) is 4.53. The van der Waals surface area contributed by atoms with Gasteiger partial charge >= 0.3 is 0 Å². The van der Waals surface area contributed by atoms with Gasteiger partial charge in [0.1, 0.15) is 0 Å². The van der Waals surface area contributed by atoms with E-state index in [1.807, 2.05) is 30.3 Å². The van der Waals surface area contributed by atoms with Gasteiger partial charge < -0.3 is 20.7 Å². The van der Waals surface area contributed by atoms with Crippen molar-refractivity contribution < 1.29 is 9.53 Å². The van der Waals surface area contributed by atoms with E-state index in [2.05, 4.69) is 39.7 Å². The molecule has 8 heteroatoms. The van der Waals surface area contributed by atoms with Crippen molar-refractivity contribution in [2.45, 2.75) is 26.4 Å². The quantitative estimate of drug-likeness (QED) is 0.202. The molecule has 0 aliphatic carbocycles. The number of nitrogens with zero attached hydrogens (tertiary/aromatic N) is 2. The molecule has 0 aromatic heterocycles. The van der Waals surface area contributed by atoms with E-state index < -0.39 is 0 Å². The van der Waals surface area contributed by atoms with Crippen LogP contribution < -0.4 is 16.0 Å². The van der Waals surface area contributed by atoms with Gasteiger partial charge in [-0.3, -0.25) is 14.7 Å². The molecule has 1 unspecified atom stereocenters. The van der Waals surface area contributed by atoms with Crippen LogP contribution in [-0.4, -0.2) is 75.8 Å². The number of carbonyl (C=O) groups is 1. The summed E-state index contributed by atoms with van der Waals surface area (Å²) in [4.78, 5) is 18.7. The predicted molar refractivity (Wildman–Crippen MR) is 129 cm³/mol. The molecule has 1 fully saturated rings. The van der Waals surface area contributed by atoms with E-state index in [0.29, 0.717) is 18.0 Å². The Hall–Kier alpha value is -1.39. The number of hydrogen-bond acceptors (Lipinski definition) is 4. The zero-order chi connectivity index (χ0) is 20.2. The molecule has 7 nitrogen and oxygen atoms in total. The number of aliphatic imine (C=N–C) groups is 1. The molecule has 1 atom stereocenters. The number of guanidine groups is 1. The summed E-state index contributed by atoms with van der Waals surface area (Å²) in [6.07, 6.45) is 0.998. The van der Waals surface area contributed by atoms with Gasteiger partial charge in [-0.15, -0.1) is 24.0 Å². The number of morpholine rings is 1. The van der Waals surface area contributed by atoms with Crippen molar-refractivity contribution in [2.24, 2.45) is 10.9 Å². The third-order valence-electron chi connectivity index (χ3n) is 4.53. The predicted octanol–water partition coefficient (Wildman–Crippen LogP) is 1.95. The van der Waals surface area contributed by atoms with Crippen molar-refractivity contribution in [1.29, 1.82) is 0 Å². The van der Waals surface area contributed by atoms with Crippen LogP contribution in [0, 0.1) is 5.92 Å². The van der Waals surface area contributed by atoms with Crippen LogP contribution >= 0.6 is 24.0 Å². The van der Waals surface area contributed by atoms with Gasteiger partial charge in [-0.05, 0) is 24.5 Å². The second-order valence-corrected chi connectivity index (χ2v) is 7.50. The maximum Gasteiger partial charge on any atom is 0.251 e. The smallest absolute Gasteiger partial charge is 0.251 e. The number of nitrogens with one attached hydrogen (secondary N) is 3. The number of halogens is 1. The third kappa shape index (κ3) is 10.3. The molecule has 1 heterocycles. The van der Waals surface area contributed by atoms with Crippen molar-refractivity contribution in [1.82, 2.24) is 20.9 Å². The molecule has 0 bridgehead atoms. The van der Waals surface area contributed by atoms with Crippen molar-refractivity contribution in [3.63, 3.8) is 0 Å². The normalized spacial score (nSPS) is 17.5. The second-order valence-electron chi connectivity index (χ2n) is 7.50. The summed E-state index contributed by atoms with van der Waals surface area (Å²) in [5.41, 5.74) is 0.687. The molecule has 3 N–H and O–H groups in total. The Morgan fingerprint density at radius 3 is 2.62 bits per heavy atom. The van der Waals surface area contributed by atoms with Crippen LogP contribution in [0.15, 0.2) is 35.3 Å². The van der Waals surface area contributed by atoms with Crippen LogP contribution in [-0.2, 0) is 4.74 Å². The Bertz CT molecular complexity index is 612. The van der Waals surface area contributed by atoms with E-state index in [9.17, 15) is 4.79 Å². The summed E-state index contributed by atoms with van der Waals surface area (Å²) in [6, 6.07) is 9.26. The highest BCUT2D eigenvalue weighted by atomic mass is 127. The first-order chi connectivity index (χ1) is 13.6. The van der Waals surface area contributed by atoms with Gasteiger partial charge in [0.05, 0.1) is 12.7 Å². The molecule has 0 radical (unpaired) electrons. The van der Waals surface area contributed by atoms with Crippen molar-refractivity contribution in [3.05, 3.63) is 35.9 Å². The van der Waals surface area contributed by atoms with Crippen LogP contribution in [0.4, 0.5) is 0 Å². The lowest BCUT2D eigenvalue weighted by Crippen LogP contribution is -2.50. The Kier molecular flexibility index (Phi) is 12.9. The Morgan fingerprint density at radius 2 is 1.93 bits per heavy atom. The molecule has 1 aliphatic heterocycles. The molecule has 29 heavy (non-hydrogen) atoms. The number of carbonyl (C=O) groups excluding carboxylic acids is 1. The number of ether oxygens (including phenoxy) is 1. The Labute approximate surface area is 192 Å². The van der Waals surface area contributed by atoms with Crippen LogP contribution in [0.1, 0.15) is 30.6 Å². The number of amides is 1. The highest BCUT2D eigenvalue weighted by Gasteiger charge is 2.21. The molecular weight excluding hydrogens is 481 g/mol. The average Bonchev–Trinajstić information content (AvgIpc) is 2.70. The SMILES string of the molecule is CN=C(NCCCNC(=O)c1ccccc1)NCC1CN(CC(C)C)CCO1.I. The average molecular weight is 517 g/mol. The maximum atomic E-state index is 12.0. The van der Waals surface area contributed by atoms with Gasteiger partial charge in [-0.1, -0.05) is 32.0 Å². The molecule has 0 saturated carbocycles. The van der Waals surface area contributed by atoms with E-state index in [1.165, 1.54) is 0 Å². The minimum absolute atomic E-state index is 0. The lowest BCUT2D eigenvalue weighted by atomic mass is 10.2. The van der Waals surface area contributed by atoms with Gasteiger partial charge in [0.25, 0.3) is 5.91 Å². The van der Waals surface area contributed by atoms with Crippen LogP contribution in [0.3, 0.4) is 0 Å². The van der Waals surface area contributed by atoms with Gasteiger partial charge in [-0.2, -0.15) is 0 Å². The molecule has 0 spiro atoms. The number of benzene rings is 1. The standard InChI is InChI=1S/C21H35N5O2.HI/c1-17(2)15-26-12-13-28-19(16-26)14-25-21(22-3)24-11-7-10-23-20(27)18-8-5-4-6-9-18;/h4-6,8-9,17,19H,7,10-16H2,1-3H3,(H,23,27)(H2,22,24,25);1H. The maximum absolute atomic E-state index is 12.0. The highest BCUT2D eigenvalue weighted by molar-refractivity contribution is 14.0. The zero-order valence-electron chi connectivity index (χ0n) is 17.8. The lowest BCUT2D eigenvalue weighted by molar-refractivity contribution is -0.0284. The van der Waals surface area contributed by atoms with E-state index in [1.54, 1.807) is 7.05 Å². The topological polar surface area (TPSA) is 78.0 Å². The molecule has 1 aromatic rings. The minimum Gasteiger partial charge on any atom is -0.374 e. The summed E-state index contributed by atoms with van der Waals surface area (Å²) < 4.78 is 5.86. The van der Waals surface area contributed by atoms with Crippen molar-refractivity contribution >= 4 is 35.8 Å². The van der Waals surface area contributed by atoms with Gasteiger partial charge in [0.2, 0.25) is 0 Å². The minimum atomic E-state index is -0.0384.